The molecule has 0 spiro atoms. The van der Waals surface area contributed by atoms with Crippen LogP contribution in [-0.2, 0) is 8.85 Å². The molecule has 0 radical (unpaired) electrons. The number of hydrogen-bond acceptors (Lipinski definition) is 2. The molecule has 6 heteroatoms. The molecule has 2 nitrogen and oxygen atoms in total. The third-order valence-corrected chi connectivity index (χ3v) is 21.8. The lowest BCUT2D eigenvalue weighted by molar-refractivity contribution is 0.360. The largest absolute Gasteiger partial charge is 0.428 e. The summed E-state index contributed by atoms with van der Waals surface area (Å²) in [6.07, 6.45) is 1.23. The van der Waals surface area contributed by atoms with E-state index in [1.807, 2.05) is 0 Å². The van der Waals surface area contributed by atoms with Crippen LogP contribution >= 0.6 is 0 Å². The molecule has 1 saturated heterocycles. The lowest BCUT2D eigenvalue weighted by atomic mass is 10.9. The third kappa shape index (κ3) is 3.26. The van der Waals surface area contributed by atoms with E-state index in [1.54, 1.807) is 0 Å². The van der Waals surface area contributed by atoms with Gasteiger partial charge in [-0.3, -0.25) is 0 Å². The van der Waals surface area contributed by atoms with E-state index in [1.165, 1.54) is 12.3 Å². The molecule has 0 aromatic heterocycles. The van der Waals surface area contributed by atoms with Crippen LogP contribution in [-0.4, -0.2) is 48.7 Å². The van der Waals surface area contributed by atoms with Gasteiger partial charge in [0.05, 0.1) is 8.31 Å². The van der Waals surface area contributed by atoms with E-state index in [0.29, 0.717) is 8.55 Å². The molecular formula is C4H16O2Si4. The molecule has 1 fully saturated rings. The fraction of sp³-hybridized carbons (Fsp3) is 1.00. The van der Waals surface area contributed by atoms with Crippen molar-refractivity contribution < 1.29 is 8.85 Å². The first-order valence-corrected chi connectivity index (χ1v) is 15.6. The van der Waals surface area contributed by atoms with Crippen LogP contribution in [0.15, 0.2) is 0 Å². The van der Waals surface area contributed by atoms with Gasteiger partial charge in [0.2, 0.25) is 0 Å². The summed E-state index contributed by atoms with van der Waals surface area (Å²) in [6.45, 7) is 3.33. The lowest BCUT2D eigenvalue weighted by Gasteiger charge is -2.19. The molecule has 1 aliphatic heterocycles. The summed E-state index contributed by atoms with van der Waals surface area (Å²) < 4.78 is 11.0. The highest BCUT2D eigenvalue weighted by molar-refractivity contribution is 7.35. The fourth-order valence-corrected chi connectivity index (χ4v) is 19.9. The van der Waals surface area contributed by atoms with Gasteiger partial charge in [0.1, 0.15) is 9.28 Å². The van der Waals surface area contributed by atoms with E-state index in [4.69, 9.17) is 8.85 Å². The Bertz CT molecular complexity index is 85.3. The second kappa shape index (κ2) is 5.44. The van der Waals surface area contributed by atoms with Crippen LogP contribution in [0.2, 0.25) is 12.6 Å². The highest BCUT2D eigenvalue weighted by Gasteiger charge is 2.15. The van der Waals surface area contributed by atoms with Crippen molar-refractivity contribution in [1.82, 2.24) is 0 Å². The Morgan fingerprint density at radius 2 is 2.70 bits per heavy atom. The predicted octanol–water partition coefficient (Wildman–Crippen LogP) is -2.40. The van der Waals surface area contributed by atoms with E-state index in [0.717, 1.165) is 6.61 Å². The van der Waals surface area contributed by atoms with Crippen molar-refractivity contribution in [2.45, 2.75) is 12.6 Å². The quantitative estimate of drug-likeness (QED) is 0.482. The summed E-state index contributed by atoms with van der Waals surface area (Å²) in [5, 5.41) is 0. The van der Waals surface area contributed by atoms with Crippen LogP contribution in [0.5, 0.6) is 0 Å². The van der Waals surface area contributed by atoms with Crippen LogP contribution in [0.4, 0.5) is 0 Å². The monoisotopic (exact) mass is 208 g/mol. The van der Waals surface area contributed by atoms with Crippen molar-refractivity contribution in [3.63, 3.8) is 0 Å². The van der Waals surface area contributed by atoms with Gasteiger partial charge in [-0.2, -0.15) is 0 Å². The normalized spacial score (nSPS) is 32.7. The average molecular weight is 209 g/mol. The second-order valence-corrected chi connectivity index (χ2v) is 19.4. The van der Waals surface area contributed by atoms with E-state index in [2.05, 4.69) is 6.55 Å². The Hall–Kier alpha value is 0.788. The second-order valence-electron chi connectivity index (χ2n) is 2.72. The van der Waals surface area contributed by atoms with Crippen LogP contribution < -0.4 is 0 Å². The van der Waals surface area contributed by atoms with Crippen molar-refractivity contribution in [1.29, 1.82) is 0 Å². The van der Waals surface area contributed by atoms with Gasteiger partial charge in [-0.05, 0) is 6.04 Å². The van der Waals surface area contributed by atoms with E-state index >= 15 is 0 Å². The molecular weight excluding hydrogens is 192 g/mol. The van der Waals surface area contributed by atoms with Gasteiger partial charge in [0.15, 0.2) is 9.76 Å². The summed E-state index contributed by atoms with van der Waals surface area (Å²) >= 11 is 0. The Labute approximate surface area is 70.6 Å². The van der Waals surface area contributed by atoms with Gasteiger partial charge in [0.25, 0.3) is 0 Å². The summed E-state index contributed by atoms with van der Waals surface area (Å²) in [6, 6.07) is 1.44. The molecule has 0 N–H and O–H groups in total. The SMILES string of the molecule is C[SiH2]OC[SiH]1CCO[SiH2][SiH2]1. The molecule has 60 valence electrons. The highest BCUT2D eigenvalue weighted by atomic mass is 29.5. The van der Waals surface area contributed by atoms with Crippen molar-refractivity contribution in [3.05, 3.63) is 0 Å². The van der Waals surface area contributed by atoms with Gasteiger partial charge < -0.3 is 8.85 Å². The van der Waals surface area contributed by atoms with E-state index in [-0.39, 0.29) is 27.4 Å². The predicted molar refractivity (Wildman–Crippen MR) is 55.4 cm³/mol. The molecule has 1 rings (SSSR count). The molecule has 1 atom stereocenters. The zero-order valence-electron chi connectivity index (χ0n) is 6.64. The average Bonchev–Trinajstić information content (AvgIpc) is 2.03. The molecule has 0 aromatic rings. The molecule has 1 aliphatic rings. The summed E-state index contributed by atoms with van der Waals surface area (Å²) in [5.41, 5.74) is 0. The number of hydrogen-bond donors (Lipinski definition) is 0. The first kappa shape index (κ1) is 8.88. The van der Waals surface area contributed by atoms with Crippen LogP contribution in [0.3, 0.4) is 0 Å². The van der Waals surface area contributed by atoms with Crippen molar-refractivity contribution in [2.24, 2.45) is 0 Å². The fourth-order valence-electron chi connectivity index (χ4n) is 1.20. The lowest BCUT2D eigenvalue weighted by Crippen LogP contribution is -2.39. The standard InChI is InChI=1S/C4H16O2Si4/c1-7-6-4-10-3-2-5-8-9-10/h10H,2-4,7-9H2,1H3. The van der Waals surface area contributed by atoms with Gasteiger partial charge in [-0.15, -0.1) is 0 Å². The summed E-state index contributed by atoms with van der Waals surface area (Å²) in [4.78, 5) is 0. The van der Waals surface area contributed by atoms with Crippen LogP contribution in [0.25, 0.3) is 0 Å². The zero-order chi connectivity index (χ0) is 7.23. The summed E-state index contributed by atoms with van der Waals surface area (Å²) in [5.74, 6) is 0. The maximum absolute atomic E-state index is 5.57. The summed E-state index contributed by atoms with van der Waals surface area (Å²) in [7, 11) is 0.0689. The number of rotatable bonds is 3. The Morgan fingerprint density at radius 1 is 1.80 bits per heavy atom. The minimum atomic E-state index is -0.256. The Morgan fingerprint density at radius 3 is 3.30 bits per heavy atom. The minimum Gasteiger partial charge on any atom is -0.428 e. The Balaban J connectivity index is 2.02. The van der Waals surface area contributed by atoms with Gasteiger partial charge >= 0.3 is 0 Å². The van der Waals surface area contributed by atoms with E-state index in [9.17, 15) is 0 Å². The van der Waals surface area contributed by atoms with Crippen molar-refractivity contribution >= 4 is 35.9 Å². The molecule has 1 heterocycles. The molecule has 1 unspecified atom stereocenters. The minimum absolute atomic E-state index is 0.0691. The first-order valence-electron chi connectivity index (χ1n) is 4.09. The topological polar surface area (TPSA) is 18.5 Å². The molecule has 0 amide bonds. The third-order valence-electron chi connectivity index (χ3n) is 1.90. The molecule has 0 aromatic carbocycles. The zero-order valence-corrected chi connectivity index (χ0v) is 12.0. The Kier molecular flexibility index (Phi) is 4.83. The molecule has 10 heavy (non-hydrogen) atoms. The first-order chi connectivity index (χ1) is 4.93. The van der Waals surface area contributed by atoms with Gasteiger partial charge in [0, 0.05) is 21.4 Å². The highest BCUT2D eigenvalue weighted by Crippen LogP contribution is 1.97. The van der Waals surface area contributed by atoms with Crippen molar-refractivity contribution in [3.8, 4) is 0 Å². The van der Waals surface area contributed by atoms with E-state index < -0.39 is 0 Å². The van der Waals surface area contributed by atoms with Crippen molar-refractivity contribution in [2.75, 3.05) is 12.8 Å². The maximum atomic E-state index is 5.57. The molecule has 0 bridgehead atoms. The molecule has 0 aliphatic carbocycles. The smallest absolute Gasteiger partial charge is 0.157 e. The van der Waals surface area contributed by atoms with Crippen LogP contribution in [0.1, 0.15) is 0 Å². The van der Waals surface area contributed by atoms with Crippen LogP contribution in [0, 0.1) is 0 Å². The van der Waals surface area contributed by atoms with Gasteiger partial charge in [-0.1, -0.05) is 6.55 Å². The molecule has 0 saturated carbocycles. The maximum Gasteiger partial charge on any atom is 0.157 e. The van der Waals surface area contributed by atoms with Gasteiger partial charge in [-0.25, -0.2) is 0 Å².